The van der Waals surface area contributed by atoms with Crippen molar-refractivity contribution in [3.05, 3.63) is 99.5 Å². The number of aromatic nitrogens is 3. The van der Waals surface area contributed by atoms with Gasteiger partial charge in [-0.3, -0.25) is 9.59 Å². The first-order valence-electron chi connectivity index (χ1n) is 10.5. The first kappa shape index (κ1) is 21.5. The number of ketones is 1. The number of rotatable bonds is 7. The van der Waals surface area contributed by atoms with E-state index in [1.807, 2.05) is 42.5 Å². The van der Waals surface area contributed by atoms with Crippen LogP contribution in [0.5, 0.6) is 5.75 Å². The Kier molecular flexibility index (Phi) is 5.65. The van der Waals surface area contributed by atoms with Crippen molar-refractivity contribution in [1.82, 2.24) is 14.6 Å². The van der Waals surface area contributed by atoms with Gasteiger partial charge in [-0.2, -0.15) is 9.50 Å². The molecule has 0 fully saturated rings. The zero-order valence-electron chi connectivity index (χ0n) is 18.2. The molecule has 2 aromatic carbocycles. The van der Waals surface area contributed by atoms with Crippen molar-refractivity contribution < 1.29 is 13.9 Å². The molecule has 0 atom stereocenters. The number of carbonyl (C=O) groups excluding carboxylic acids is 1. The van der Waals surface area contributed by atoms with Gasteiger partial charge in [-0.25, -0.2) is 0 Å². The van der Waals surface area contributed by atoms with Gasteiger partial charge >= 0.3 is 0 Å². The molecule has 0 unspecified atom stereocenters. The Bertz CT molecular complexity index is 1610. The molecule has 0 radical (unpaired) electrons. The SMILES string of the molecule is C=CCOc1ccc(-c2nc3sc(=Cc4ccc(-c5ccc(C(C)=O)cc5)o4)c(=O)n3n2)cc1. The van der Waals surface area contributed by atoms with Crippen molar-refractivity contribution >= 4 is 28.2 Å². The maximum Gasteiger partial charge on any atom is 0.291 e. The first-order valence-corrected chi connectivity index (χ1v) is 11.3. The molecule has 0 aliphatic heterocycles. The molecular formula is C26H19N3O4S. The van der Waals surface area contributed by atoms with Crippen LogP contribution in [0.3, 0.4) is 0 Å². The summed E-state index contributed by atoms with van der Waals surface area (Å²) in [4.78, 5) is 29.3. The molecule has 7 nitrogen and oxygen atoms in total. The van der Waals surface area contributed by atoms with E-state index < -0.39 is 0 Å². The third-order valence-corrected chi connectivity index (χ3v) is 6.10. The number of hydrogen-bond donors (Lipinski definition) is 0. The summed E-state index contributed by atoms with van der Waals surface area (Å²) < 4.78 is 13.2. The highest BCUT2D eigenvalue weighted by molar-refractivity contribution is 7.15. The lowest BCUT2D eigenvalue weighted by Crippen LogP contribution is -2.23. The Hall–Kier alpha value is -4.30. The van der Waals surface area contributed by atoms with Crippen molar-refractivity contribution in [2.45, 2.75) is 6.92 Å². The van der Waals surface area contributed by atoms with E-state index >= 15 is 0 Å². The molecule has 0 amide bonds. The van der Waals surface area contributed by atoms with Gasteiger partial charge in [0.15, 0.2) is 11.6 Å². The van der Waals surface area contributed by atoms with Crippen LogP contribution in [-0.2, 0) is 0 Å². The van der Waals surface area contributed by atoms with E-state index in [-0.39, 0.29) is 11.3 Å². The topological polar surface area (TPSA) is 86.7 Å². The van der Waals surface area contributed by atoms with Crippen molar-refractivity contribution in [1.29, 1.82) is 0 Å². The molecular weight excluding hydrogens is 450 g/mol. The van der Waals surface area contributed by atoms with Crippen molar-refractivity contribution in [3.63, 3.8) is 0 Å². The number of nitrogens with zero attached hydrogens (tertiary/aromatic N) is 3. The number of carbonyl (C=O) groups is 1. The van der Waals surface area contributed by atoms with Gasteiger partial charge in [0.25, 0.3) is 5.56 Å². The van der Waals surface area contributed by atoms with Crippen molar-refractivity contribution in [2.24, 2.45) is 0 Å². The average Bonchev–Trinajstić information content (AvgIpc) is 3.56. The number of furan rings is 1. The molecule has 0 saturated carbocycles. The standard InChI is InChI=1S/C26H19N3O4S/c1-3-14-32-20-10-8-19(9-11-20)24-27-26-29(28-24)25(31)23(34-26)15-21-12-13-22(33-21)18-6-4-17(5-7-18)16(2)30/h3-13,15H,1,14H2,2H3. The molecule has 0 spiro atoms. The van der Waals surface area contributed by atoms with Crippen LogP contribution >= 0.6 is 11.3 Å². The van der Waals surface area contributed by atoms with Gasteiger partial charge in [-0.15, -0.1) is 5.10 Å². The largest absolute Gasteiger partial charge is 0.490 e. The zero-order valence-corrected chi connectivity index (χ0v) is 19.0. The van der Waals surface area contributed by atoms with Gasteiger partial charge in [-0.05, 0) is 43.3 Å². The highest BCUT2D eigenvalue weighted by atomic mass is 32.1. The maximum absolute atomic E-state index is 12.9. The summed E-state index contributed by atoms with van der Waals surface area (Å²) >= 11 is 1.25. The van der Waals surface area contributed by atoms with Crippen LogP contribution in [0.15, 0.2) is 82.5 Å². The second-order valence-corrected chi connectivity index (χ2v) is 8.51. The number of hydrogen-bond acceptors (Lipinski definition) is 7. The Morgan fingerprint density at radius 1 is 1.09 bits per heavy atom. The van der Waals surface area contributed by atoms with Crippen LogP contribution in [0.25, 0.3) is 33.7 Å². The number of ether oxygens (including phenoxy) is 1. The average molecular weight is 470 g/mol. The highest BCUT2D eigenvalue weighted by Gasteiger charge is 2.13. The van der Waals surface area contributed by atoms with Gasteiger partial charge in [0.2, 0.25) is 4.96 Å². The lowest BCUT2D eigenvalue weighted by molar-refractivity contribution is 0.101. The number of thiazole rings is 1. The van der Waals surface area contributed by atoms with Gasteiger partial charge in [-0.1, -0.05) is 48.3 Å². The predicted octanol–water partition coefficient (Wildman–Crippen LogP) is 4.39. The zero-order chi connectivity index (χ0) is 23.7. The lowest BCUT2D eigenvalue weighted by Gasteiger charge is -2.02. The van der Waals surface area contributed by atoms with Crippen LogP contribution in [0, 0.1) is 0 Å². The lowest BCUT2D eigenvalue weighted by atomic mass is 10.1. The Morgan fingerprint density at radius 2 is 1.82 bits per heavy atom. The second kappa shape index (κ2) is 8.92. The fraction of sp³-hybridized carbons (Fsp3) is 0.0769. The number of Topliss-reactive ketones (excluding diaryl/α,β-unsaturated/α-hetero) is 1. The van der Waals surface area contributed by atoms with E-state index in [0.717, 1.165) is 16.9 Å². The van der Waals surface area contributed by atoms with E-state index in [0.29, 0.717) is 39.0 Å². The summed E-state index contributed by atoms with van der Waals surface area (Å²) in [6, 6.07) is 18.2. The predicted molar refractivity (Wildman–Crippen MR) is 131 cm³/mol. The molecule has 0 aliphatic carbocycles. The molecule has 0 aliphatic rings. The van der Waals surface area contributed by atoms with Crippen LogP contribution in [-0.4, -0.2) is 27.0 Å². The molecule has 0 saturated heterocycles. The van der Waals surface area contributed by atoms with Gasteiger partial charge in [0, 0.05) is 22.8 Å². The highest BCUT2D eigenvalue weighted by Crippen LogP contribution is 2.24. The Labute approximate surface area is 198 Å². The summed E-state index contributed by atoms with van der Waals surface area (Å²) in [5.41, 5.74) is 2.02. The van der Waals surface area contributed by atoms with Gasteiger partial charge in [0.05, 0.1) is 0 Å². The third kappa shape index (κ3) is 4.18. The molecule has 34 heavy (non-hydrogen) atoms. The fourth-order valence-corrected chi connectivity index (χ4v) is 4.28. The summed E-state index contributed by atoms with van der Waals surface area (Å²) in [5.74, 6) is 2.40. The second-order valence-electron chi connectivity index (χ2n) is 7.51. The Morgan fingerprint density at radius 3 is 2.50 bits per heavy atom. The van der Waals surface area contributed by atoms with Crippen molar-refractivity contribution in [2.75, 3.05) is 6.61 Å². The number of fused-ring (bicyclic) bond motifs is 1. The summed E-state index contributed by atoms with van der Waals surface area (Å²) in [6.07, 6.45) is 3.36. The quantitative estimate of drug-likeness (QED) is 0.260. The van der Waals surface area contributed by atoms with Crippen LogP contribution in [0.1, 0.15) is 23.0 Å². The summed E-state index contributed by atoms with van der Waals surface area (Å²) in [5, 5.41) is 4.38. The minimum absolute atomic E-state index is 0.0111. The van der Waals surface area contributed by atoms with Crippen LogP contribution < -0.4 is 14.8 Å². The molecule has 0 N–H and O–H groups in total. The smallest absolute Gasteiger partial charge is 0.291 e. The molecule has 168 valence electrons. The van der Waals surface area contributed by atoms with E-state index in [4.69, 9.17) is 9.15 Å². The van der Waals surface area contributed by atoms with Gasteiger partial charge in [0.1, 0.15) is 28.4 Å². The minimum atomic E-state index is -0.256. The maximum atomic E-state index is 12.9. The first-order chi connectivity index (χ1) is 16.5. The number of benzene rings is 2. The molecule has 3 aromatic heterocycles. The monoisotopic (exact) mass is 469 g/mol. The van der Waals surface area contributed by atoms with E-state index in [9.17, 15) is 9.59 Å². The molecule has 5 rings (SSSR count). The van der Waals surface area contributed by atoms with E-state index in [1.54, 1.807) is 30.4 Å². The van der Waals surface area contributed by atoms with Gasteiger partial charge < -0.3 is 9.15 Å². The normalized spacial score (nSPS) is 11.7. The molecule has 5 aromatic rings. The minimum Gasteiger partial charge on any atom is -0.490 e. The van der Waals surface area contributed by atoms with Crippen LogP contribution in [0.4, 0.5) is 0 Å². The fourth-order valence-electron chi connectivity index (χ4n) is 3.40. The Balaban J connectivity index is 1.41. The van der Waals surface area contributed by atoms with Crippen molar-refractivity contribution in [3.8, 4) is 28.5 Å². The van der Waals surface area contributed by atoms with Crippen LogP contribution in [0.2, 0.25) is 0 Å². The van der Waals surface area contributed by atoms with E-state index in [1.165, 1.54) is 22.8 Å². The molecule has 3 heterocycles. The molecule has 8 heteroatoms. The summed E-state index contributed by atoms with van der Waals surface area (Å²) in [7, 11) is 0. The van der Waals surface area contributed by atoms with E-state index in [2.05, 4.69) is 16.7 Å². The summed E-state index contributed by atoms with van der Waals surface area (Å²) in [6.45, 7) is 5.59. The third-order valence-electron chi connectivity index (χ3n) is 5.14. The molecule has 0 bridgehead atoms.